The molecular weight excluding hydrogens is 304 g/mol. The molecule has 6 heteroatoms. The molecule has 0 fully saturated rings. The number of aliphatic hydroxyl groups excluding tert-OH is 1. The van der Waals surface area contributed by atoms with Gasteiger partial charge in [0.05, 0.1) is 18.6 Å². The minimum absolute atomic E-state index is 0.0257. The zero-order valence-corrected chi connectivity index (χ0v) is 13.4. The van der Waals surface area contributed by atoms with Crippen LogP contribution in [0.1, 0.15) is 12.2 Å². The lowest BCUT2D eigenvalue weighted by Crippen LogP contribution is -2.44. The van der Waals surface area contributed by atoms with Crippen LogP contribution in [0.3, 0.4) is 0 Å². The van der Waals surface area contributed by atoms with Crippen LogP contribution in [0.2, 0.25) is 0 Å². The van der Waals surface area contributed by atoms with Crippen molar-refractivity contribution in [2.24, 2.45) is 5.92 Å². The largest absolute Gasteiger partial charge is 0.394 e. The summed E-state index contributed by atoms with van der Waals surface area (Å²) in [6.07, 6.45) is 5.38. The third-order valence-corrected chi connectivity index (χ3v) is 4.86. The number of hydrogen-bond donors (Lipinski definition) is 1. The second-order valence-electron chi connectivity index (χ2n) is 6.32. The van der Waals surface area contributed by atoms with E-state index in [9.17, 15) is 9.90 Å². The first kappa shape index (κ1) is 15.1. The molecule has 1 aromatic heterocycles. The number of aliphatic hydroxyl groups is 1. The monoisotopic (exact) mass is 324 g/mol. The zero-order chi connectivity index (χ0) is 16.5. The summed E-state index contributed by atoms with van der Waals surface area (Å²) in [5.74, 6) is 1.78. The number of carbonyl (C=O) groups excluding carboxylic acids is 1. The van der Waals surface area contributed by atoms with Crippen LogP contribution < -0.4 is 0 Å². The average Bonchev–Trinajstić information content (AvgIpc) is 3.27. The Balaban J connectivity index is 1.57. The zero-order valence-electron chi connectivity index (χ0n) is 13.4. The van der Waals surface area contributed by atoms with Crippen molar-refractivity contribution in [2.45, 2.75) is 25.4 Å². The number of benzene rings is 1. The Labute approximate surface area is 140 Å². The summed E-state index contributed by atoms with van der Waals surface area (Å²) in [4.78, 5) is 14.6. The van der Waals surface area contributed by atoms with Gasteiger partial charge in [0.25, 0.3) is 0 Å². The lowest BCUT2D eigenvalue weighted by molar-refractivity contribution is -0.137. The molecule has 24 heavy (non-hydrogen) atoms. The Morgan fingerprint density at radius 3 is 2.88 bits per heavy atom. The molecule has 0 aliphatic carbocycles. The minimum Gasteiger partial charge on any atom is -0.394 e. The van der Waals surface area contributed by atoms with Crippen LogP contribution in [0, 0.1) is 5.92 Å². The molecule has 6 nitrogen and oxygen atoms in total. The third-order valence-electron chi connectivity index (χ3n) is 4.86. The number of fused-ring (bicyclic) bond motifs is 1. The summed E-state index contributed by atoms with van der Waals surface area (Å²) in [7, 11) is 0. The molecule has 1 aromatic carbocycles. The van der Waals surface area contributed by atoms with Gasteiger partial charge in [-0.25, -0.2) is 0 Å². The van der Waals surface area contributed by atoms with Crippen molar-refractivity contribution < 1.29 is 9.90 Å². The maximum Gasteiger partial charge on any atom is 0.228 e. The van der Waals surface area contributed by atoms with Crippen LogP contribution in [0.5, 0.6) is 0 Å². The van der Waals surface area contributed by atoms with Gasteiger partial charge in [-0.3, -0.25) is 4.79 Å². The van der Waals surface area contributed by atoms with E-state index >= 15 is 0 Å². The fourth-order valence-corrected chi connectivity index (χ4v) is 3.55. The van der Waals surface area contributed by atoms with Gasteiger partial charge in [-0.05, 0) is 6.42 Å². The van der Waals surface area contributed by atoms with E-state index < -0.39 is 0 Å². The van der Waals surface area contributed by atoms with E-state index in [1.807, 2.05) is 42.5 Å². The minimum atomic E-state index is -0.187. The first-order valence-corrected chi connectivity index (χ1v) is 8.33. The smallest absolute Gasteiger partial charge is 0.228 e. The van der Waals surface area contributed by atoms with E-state index in [2.05, 4.69) is 14.8 Å². The number of amides is 1. The molecule has 0 bridgehead atoms. The van der Waals surface area contributed by atoms with Crippen molar-refractivity contribution in [3.63, 3.8) is 0 Å². The molecule has 2 unspecified atom stereocenters. The van der Waals surface area contributed by atoms with E-state index in [1.54, 1.807) is 4.90 Å². The maximum atomic E-state index is 12.9. The first-order valence-electron chi connectivity index (χ1n) is 8.33. The van der Waals surface area contributed by atoms with Gasteiger partial charge in [0.15, 0.2) is 5.82 Å². The highest BCUT2D eigenvalue weighted by molar-refractivity contribution is 5.80. The molecule has 0 spiro atoms. The number of aromatic nitrogens is 3. The van der Waals surface area contributed by atoms with Gasteiger partial charge in [-0.1, -0.05) is 42.5 Å². The number of carbonyl (C=O) groups is 1. The van der Waals surface area contributed by atoms with Crippen molar-refractivity contribution >= 4 is 5.91 Å². The first-order chi connectivity index (χ1) is 11.8. The van der Waals surface area contributed by atoms with E-state index in [0.29, 0.717) is 13.1 Å². The van der Waals surface area contributed by atoms with E-state index in [-0.39, 0.29) is 24.5 Å². The lowest BCUT2D eigenvalue weighted by atomic mass is 9.97. The molecule has 3 heterocycles. The number of nitrogens with zero attached hydrogens (tertiary/aromatic N) is 4. The molecule has 4 rings (SSSR count). The van der Waals surface area contributed by atoms with E-state index in [1.165, 1.54) is 0 Å². The second kappa shape index (κ2) is 6.20. The van der Waals surface area contributed by atoms with E-state index in [0.717, 1.165) is 30.1 Å². The maximum absolute atomic E-state index is 12.9. The second-order valence-corrected chi connectivity index (χ2v) is 6.32. The highest BCUT2D eigenvalue weighted by Gasteiger charge is 2.33. The third kappa shape index (κ3) is 2.53. The summed E-state index contributed by atoms with van der Waals surface area (Å²) in [6.45, 7) is 1.16. The molecule has 2 aliphatic rings. The van der Waals surface area contributed by atoms with Gasteiger partial charge in [0.2, 0.25) is 5.91 Å². The predicted molar refractivity (Wildman–Crippen MR) is 89.0 cm³/mol. The Morgan fingerprint density at radius 2 is 2.08 bits per heavy atom. The van der Waals surface area contributed by atoms with Crippen molar-refractivity contribution in [3.05, 3.63) is 48.3 Å². The van der Waals surface area contributed by atoms with Gasteiger partial charge in [-0.2, -0.15) is 0 Å². The van der Waals surface area contributed by atoms with Gasteiger partial charge in [0, 0.05) is 25.1 Å². The Morgan fingerprint density at radius 1 is 1.25 bits per heavy atom. The van der Waals surface area contributed by atoms with Gasteiger partial charge in [-0.15, -0.1) is 10.2 Å². The molecule has 0 saturated carbocycles. The van der Waals surface area contributed by atoms with Gasteiger partial charge >= 0.3 is 0 Å². The Hall–Kier alpha value is -2.47. The Bertz CT molecular complexity index is 769. The summed E-state index contributed by atoms with van der Waals surface area (Å²) < 4.78 is 2.07. The molecule has 0 saturated heterocycles. The molecule has 124 valence electrons. The summed E-state index contributed by atoms with van der Waals surface area (Å²) in [5.41, 5.74) is 1.01. The van der Waals surface area contributed by atoms with Gasteiger partial charge < -0.3 is 14.6 Å². The van der Waals surface area contributed by atoms with Crippen LogP contribution >= 0.6 is 0 Å². The predicted octanol–water partition coefficient (Wildman–Crippen LogP) is 1.27. The van der Waals surface area contributed by atoms with Crippen molar-refractivity contribution in [1.29, 1.82) is 0 Å². The molecule has 1 amide bonds. The van der Waals surface area contributed by atoms with Gasteiger partial charge in [0.1, 0.15) is 5.82 Å². The molecule has 2 atom stereocenters. The molecular formula is C18H20N4O2. The van der Waals surface area contributed by atoms with Crippen LogP contribution in [-0.4, -0.2) is 49.9 Å². The average molecular weight is 324 g/mol. The number of aryl methyl sites for hydroxylation is 1. The standard InChI is InChI=1S/C18H20N4O2/c23-12-15-7-4-10-21(15)18(24)14-8-9-16-19-20-17(22(16)11-14)13-5-2-1-3-6-13/h1-7,14-15,23H,8-12H2. The SMILES string of the molecule is O=C(C1CCc2nnc(-c3ccccc3)n2C1)N1CC=CC1CO. The van der Waals surface area contributed by atoms with Crippen molar-refractivity contribution in [3.8, 4) is 11.4 Å². The highest BCUT2D eigenvalue weighted by Crippen LogP contribution is 2.27. The normalized spacial score (nSPS) is 22.6. The van der Waals surface area contributed by atoms with Crippen LogP contribution in [-0.2, 0) is 17.8 Å². The van der Waals surface area contributed by atoms with Crippen LogP contribution in [0.25, 0.3) is 11.4 Å². The van der Waals surface area contributed by atoms with Crippen molar-refractivity contribution in [1.82, 2.24) is 19.7 Å². The fraction of sp³-hybridized carbons (Fsp3) is 0.389. The lowest BCUT2D eigenvalue weighted by Gasteiger charge is -2.30. The summed E-state index contributed by atoms with van der Waals surface area (Å²) in [6, 6.07) is 9.75. The van der Waals surface area contributed by atoms with Crippen molar-refractivity contribution in [2.75, 3.05) is 13.2 Å². The number of rotatable bonds is 3. The fourth-order valence-electron chi connectivity index (χ4n) is 3.55. The summed E-state index contributed by atoms with van der Waals surface area (Å²) in [5, 5.41) is 18.0. The topological polar surface area (TPSA) is 71.2 Å². The van der Waals surface area contributed by atoms with Crippen LogP contribution in [0.15, 0.2) is 42.5 Å². The van der Waals surface area contributed by atoms with E-state index in [4.69, 9.17) is 0 Å². The molecule has 2 aromatic rings. The molecule has 0 radical (unpaired) electrons. The highest BCUT2D eigenvalue weighted by atomic mass is 16.3. The molecule has 1 N–H and O–H groups in total. The number of hydrogen-bond acceptors (Lipinski definition) is 4. The summed E-state index contributed by atoms with van der Waals surface area (Å²) >= 11 is 0. The Kier molecular flexibility index (Phi) is 3.90. The van der Waals surface area contributed by atoms with Crippen LogP contribution in [0.4, 0.5) is 0 Å². The quantitative estimate of drug-likeness (QED) is 0.863. The molecule has 2 aliphatic heterocycles.